The Kier molecular flexibility index (Phi) is 5.92. The van der Waals surface area contributed by atoms with Gasteiger partial charge in [-0.15, -0.1) is 0 Å². The summed E-state index contributed by atoms with van der Waals surface area (Å²) in [6, 6.07) is 17.5. The number of methoxy groups -OCH3 is 1. The minimum atomic E-state index is -0.453. The second kappa shape index (κ2) is 8.15. The number of carbonyl (C=O) groups excluding carboxylic acids is 1. The molecule has 0 aliphatic heterocycles. The average Bonchev–Trinajstić information content (AvgIpc) is 2.56. The Balaban J connectivity index is 2.00. The second-order valence-corrected chi connectivity index (χ2v) is 5.09. The van der Waals surface area contributed by atoms with Crippen molar-refractivity contribution < 1.29 is 9.53 Å². The lowest BCUT2D eigenvalue weighted by Crippen LogP contribution is -2.29. The monoisotopic (exact) mass is 295 g/mol. The van der Waals surface area contributed by atoms with Gasteiger partial charge in [-0.2, -0.15) is 0 Å². The molecule has 0 aliphatic rings. The van der Waals surface area contributed by atoms with E-state index in [9.17, 15) is 4.79 Å². The number of esters is 1. The fourth-order valence-corrected chi connectivity index (χ4v) is 2.16. The SMILES string of the molecule is COC(=O)[C@H](NC/C=C/c1ccccc1)c1ccc(C)cc1. The van der Waals surface area contributed by atoms with E-state index in [-0.39, 0.29) is 5.97 Å². The fourth-order valence-electron chi connectivity index (χ4n) is 2.16. The van der Waals surface area contributed by atoms with Crippen LogP contribution in [-0.4, -0.2) is 19.6 Å². The van der Waals surface area contributed by atoms with Crippen molar-refractivity contribution in [2.45, 2.75) is 13.0 Å². The number of ether oxygens (including phenoxy) is 1. The Labute approximate surface area is 131 Å². The Bertz CT molecular complexity index is 618. The van der Waals surface area contributed by atoms with Crippen LogP contribution in [0.5, 0.6) is 0 Å². The molecule has 2 aromatic carbocycles. The van der Waals surface area contributed by atoms with E-state index in [1.807, 2.05) is 73.7 Å². The van der Waals surface area contributed by atoms with E-state index in [0.29, 0.717) is 6.54 Å². The van der Waals surface area contributed by atoms with Crippen molar-refractivity contribution in [1.29, 1.82) is 0 Å². The van der Waals surface area contributed by atoms with Crippen LogP contribution >= 0.6 is 0 Å². The van der Waals surface area contributed by atoms with Crippen molar-refractivity contribution in [1.82, 2.24) is 5.32 Å². The molecule has 0 fully saturated rings. The van der Waals surface area contributed by atoms with Crippen LogP contribution in [0.4, 0.5) is 0 Å². The van der Waals surface area contributed by atoms with E-state index >= 15 is 0 Å². The highest BCUT2D eigenvalue weighted by molar-refractivity contribution is 5.77. The van der Waals surface area contributed by atoms with Crippen LogP contribution in [0.2, 0.25) is 0 Å². The number of nitrogens with one attached hydrogen (secondary N) is 1. The van der Waals surface area contributed by atoms with Gasteiger partial charge in [0.05, 0.1) is 7.11 Å². The maximum atomic E-state index is 12.0. The summed E-state index contributed by atoms with van der Waals surface area (Å²) < 4.78 is 4.89. The van der Waals surface area contributed by atoms with Gasteiger partial charge in [0.1, 0.15) is 6.04 Å². The normalized spacial score (nSPS) is 12.3. The molecule has 2 rings (SSSR count). The molecule has 0 unspecified atom stereocenters. The van der Waals surface area contributed by atoms with Crippen molar-refractivity contribution in [3.63, 3.8) is 0 Å². The topological polar surface area (TPSA) is 38.3 Å². The van der Waals surface area contributed by atoms with Crippen molar-refractivity contribution in [2.75, 3.05) is 13.7 Å². The zero-order valence-corrected chi connectivity index (χ0v) is 13.0. The third-order valence-electron chi connectivity index (χ3n) is 3.40. The quantitative estimate of drug-likeness (QED) is 0.829. The Morgan fingerprint density at radius 3 is 2.45 bits per heavy atom. The molecule has 1 atom stereocenters. The van der Waals surface area contributed by atoms with Crippen molar-refractivity contribution in [2.24, 2.45) is 0 Å². The number of carbonyl (C=O) groups is 1. The molecular weight excluding hydrogens is 274 g/mol. The zero-order chi connectivity index (χ0) is 15.8. The van der Waals surface area contributed by atoms with Crippen LogP contribution in [0.25, 0.3) is 6.08 Å². The van der Waals surface area contributed by atoms with Crippen LogP contribution in [0.1, 0.15) is 22.7 Å². The molecule has 0 aromatic heterocycles. The van der Waals surface area contributed by atoms with Crippen LogP contribution in [0, 0.1) is 6.92 Å². The fraction of sp³-hybridized carbons (Fsp3) is 0.211. The standard InChI is InChI=1S/C19H21NO2/c1-15-10-12-17(13-11-15)18(19(21)22-2)20-14-6-9-16-7-4-3-5-8-16/h3-13,18,20H,14H2,1-2H3/b9-6+/t18-/m1/s1. The molecule has 3 nitrogen and oxygen atoms in total. The minimum Gasteiger partial charge on any atom is -0.468 e. The lowest BCUT2D eigenvalue weighted by Gasteiger charge is -2.16. The molecule has 0 saturated heterocycles. The second-order valence-electron chi connectivity index (χ2n) is 5.09. The molecule has 0 aliphatic carbocycles. The molecule has 0 radical (unpaired) electrons. The molecule has 114 valence electrons. The number of benzene rings is 2. The van der Waals surface area contributed by atoms with Crippen LogP contribution < -0.4 is 5.32 Å². The van der Waals surface area contributed by atoms with Gasteiger partial charge >= 0.3 is 5.97 Å². The van der Waals surface area contributed by atoms with Gasteiger partial charge in [0.25, 0.3) is 0 Å². The summed E-state index contributed by atoms with van der Waals surface area (Å²) in [7, 11) is 1.41. The highest BCUT2D eigenvalue weighted by Crippen LogP contribution is 2.15. The number of hydrogen-bond acceptors (Lipinski definition) is 3. The largest absolute Gasteiger partial charge is 0.468 e. The summed E-state index contributed by atoms with van der Waals surface area (Å²) in [5.41, 5.74) is 3.20. The van der Waals surface area contributed by atoms with Crippen molar-refractivity contribution >= 4 is 12.0 Å². The minimum absolute atomic E-state index is 0.281. The van der Waals surface area contributed by atoms with E-state index in [2.05, 4.69) is 5.32 Å². The number of hydrogen-bond donors (Lipinski definition) is 1. The Hall–Kier alpha value is -2.39. The smallest absolute Gasteiger partial charge is 0.327 e. The molecule has 0 saturated carbocycles. The van der Waals surface area contributed by atoms with Gasteiger partial charge < -0.3 is 4.74 Å². The summed E-state index contributed by atoms with van der Waals surface area (Å²) in [6.07, 6.45) is 4.02. The first-order valence-corrected chi connectivity index (χ1v) is 7.30. The molecule has 3 heteroatoms. The van der Waals surface area contributed by atoms with Crippen molar-refractivity contribution in [3.8, 4) is 0 Å². The van der Waals surface area contributed by atoms with E-state index in [4.69, 9.17) is 4.74 Å². The molecule has 0 amide bonds. The van der Waals surface area contributed by atoms with Gasteiger partial charge in [0.2, 0.25) is 0 Å². The molecule has 0 heterocycles. The van der Waals surface area contributed by atoms with Gasteiger partial charge in [-0.05, 0) is 18.1 Å². The lowest BCUT2D eigenvalue weighted by atomic mass is 10.1. The van der Waals surface area contributed by atoms with Gasteiger partial charge in [0, 0.05) is 6.54 Å². The summed E-state index contributed by atoms with van der Waals surface area (Å²) in [4.78, 5) is 12.0. The van der Waals surface area contributed by atoms with E-state index < -0.39 is 6.04 Å². The predicted molar refractivity (Wildman–Crippen MR) is 89.4 cm³/mol. The third kappa shape index (κ3) is 4.57. The average molecular weight is 295 g/mol. The number of aryl methyl sites for hydroxylation is 1. The first kappa shape index (κ1) is 16.0. The van der Waals surface area contributed by atoms with Crippen LogP contribution in [0.15, 0.2) is 60.7 Å². The number of rotatable bonds is 6. The summed E-state index contributed by atoms with van der Waals surface area (Å²) in [5, 5.41) is 3.22. The molecule has 0 bridgehead atoms. The summed E-state index contributed by atoms with van der Waals surface area (Å²) in [5.74, 6) is -0.281. The maximum Gasteiger partial charge on any atom is 0.327 e. The van der Waals surface area contributed by atoms with Gasteiger partial charge in [-0.1, -0.05) is 72.3 Å². The molecule has 1 N–H and O–H groups in total. The summed E-state index contributed by atoms with van der Waals surface area (Å²) >= 11 is 0. The third-order valence-corrected chi connectivity index (χ3v) is 3.40. The maximum absolute atomic E-state index is 12.0. The predicted octanol–water partition coefficient (Wildman–Crippen LogP) is 3.51. The van der Waals surface area contributed by atoms with Gasteiger partial charge in [0.15, 0.2) is 0 Å². The lowest BCUT2D eigenvalue weighted by molar-refractivity contribution is -0.143. The van der Waals surface area contributed by atoms with Crippen LogP contribution in [-0.2, 0) is 9.53 Å². The Morgan fingerprint density at radius 1 is 1.14 bits per heavy atom. The molecule has 22 heavy (non-hydrogen) atoms. The van der Waals surface area contributed by atoms with Gasteiger partial charge in [-0.25, -0.2) is 4.79 Å². The van der Waals surface area contributed by atoms with Crippen molar-refractivity contribution in [3.05, 3.63) is 77.4 Å². The van der Waals surface area contributed by atoms with Crippen LogP contribution in [0.3, 0.4) is 0 Å². The first-order chi connectivity index (χ1) is 10.7. The Morgan fingerprint density at radius 2 is 1.82 bits per heavy atom. The highest BCUT2D eigenvalue weighted by Gasteiger charge is 2.19. The van der Waals surface area contributed by atoms with Gasteiger partial charge in [-0.3, -0.25) is 5.32 Å². The molecular formula is C19H21NO2. The van der Waals surface area contributed by atoms with E-state index in [1.165, 1.54) is 7.11 Å². The summed E-state index contributed by atoms with van der Waals surface area (Å²) in [6.45, 7) is 2.61. The highest BCUT2D eigenvalue weighted by atomic mass is 16.5. The first-order valence-electron chi connectivity index (χ1n) is 7.30. The molecule has 2 aromatic rings. The zero-order valence-electron chi connectivity index (χ0n) is 13.0. The molecule has 0 spiro atoms. The van der Waals surface area contributed by atoms with E-state index in [1.54, 1.807) is 0 Å². The van der Waals surface area contributed by atoms with E-state index in [0.717, 1.165) is 16.7 Å².